The Morgan fingerprint density at radius 3 is 2.93 bits per heavy atom. The van der Waals surface area contributed by atoms with Crippen LogP contribution < -0.4 is 10.5 Å². The topological polar surface area (TPSA) is 57.4 Å². The van der Waals surface area contributed by atoms with Gasteiger partial charge in [-0.2, -0.15) is 0 Å². The van der Waals surface area contributed by atoms with Crippen LogP contribution in [0.15, 0.2) is 12.3 Å². The number of anilines is 1. The number of pyridine rings is 1. The molecule has 5 heteroatoms. The quantitative estimate of drug-likeness (QED) is 0.833. The first-order valence-corrected chi connectivity index (χ1v) is 4.58. The summed E-state index contributed by atoms with van der Waals surface area (Å²) in [5.74, 6) is 0.380. The molecule has 2 N–H and O–H groups in total. The minimum absolute atomic E-state index is 0.0892. The van der Waals surface area contributed by atoms with E-state index in [-0.39, 0.29) is 6.10 Å². The van der Waals surface area contributed by atoms with E-state index in [0.29, 0.717) is 23.2 Å². The molecule has 0 spiro atoms. The summed E-state index contributed by atoms with van der Waals surface area (Å²) in [6.45, 7) is 2.36. The van der Waals surface area contributed by atoms with Gasteiger partial charge < -0.3 is 15.2 Å². The molecule has 1 heterocycles. The maximum Gasteiger partial charge on any atom is 0.233 e. The third-order valence-electron chi connectivity index (χ3n) is 1.54. The number of hydrogen-bond acceptors (Lipinski definition) is 4. The van der Waals surface area contributed by atoms with Gasteiger partial charge in [0.2, 0.25) is 5.88 Å². The summed E-state index contributed by atoms with van der Waals surface area (Å²) in [6, 6.07) is 1.60. The van der Waals surface area contributed by atoms with Gasteiger partial charge >= 0.3 is 0 Å². The molecule has 1 atom stereocenters. The maximum atomic E-state index is 5.87. The first-order chi connectivity index (χ1) is 6.63. The first-order valence-electron chi connectivity index (χ1n) is 4.20. The van der Waals surface area contributed by atoms with Crippen LogP contribution in [0.2, 0.25) is 5.02 Å². The molecule has 1 rings (SSSR count). The molecule has 14 heavy (non-hydrogen) atoms. The number of nitrogens with two attached hydrogens (primary N) is 1. The van der Waals surface area contributed by atoms with E-state index in [9.17, 15) is 0 Å². The first kappa shape index (κ1) is 11.1. The fourth-order valence-electron chi connectivity index (χ4n) is 0.986. The van der Waals surface area contributed by atoms with Gasteiger partial charge in [-0.25, -0.2) is 4.98 Å². The summed E-state index contributed by atoms with van der Waals surface area (Å²) in [4.78, 5) is 3.97. The standard InChI is InChI=1S/C9H13ClN2O2/c1-6(5-13-2)14-9-8(10)3-7(11)4-12-9/h3-4,6H,5,11H2,1-2H3. The third kappa shape index (κ3) is 3.05. The highest BCUT2D eigenvalue weighted by molar-refractivity contribution is 6.32. The van der Waals surface area contributed by atoms with Crippen molar-refractivity contribution in [3.05, 3.63) is 17.3 Å². The van der Waals surface area contributed by atoms with Crippen LogP contribution >= 0.6 is 11.6 Å². The number of nitrogen functional groups attached to an aromatic ring is 1. The lowest BCUT2D eigenvalue weighted by molar-refractivity contribution is 0.0891. The minimum Gasteiger partial charge on any atom is -0.471 e. The fourth-order valence-corrected chi connectivity index (χ4v) is 1.21. The molecule has 0 saturated heterocycles. The monoisotopic (exact) mass is 216 g/mol. The zero-order chi connectivity index (χ0) is 10.6. The average Bonchev–Trinajstić information content (AvgIpc) is 2.10. The Balaban J connectivity index is 2.67. The SMILES string of the molecule is COCC(C)Oc1ncc(N)cc1Cl. The highest BCUT2D eigenvalue weighted by atomic mass is 35.5. The van der Waals surface area contributed by atoms with Crippen molar-refractivity contribution < 1.29 is 9.47 Å². The number of methoxy groups -OCH3 is 1. The molecule has 0 saturated carbocycles. The smallest absolute Gasteiger partial charge is 0.233 e. The number of nitrogens with zero attached hydrogens (tertiary/aromatic N) is 1. The summed E-state index contributed by atoms with van der Waals surface area (Å²) < 4.78 is 10.3. The summed E-state index contributed by atoms with van der Waals surface area (Å²) in [5, 5.41) is 0.410. The molecule has 0 amide bonds. The van der Waals surface area contributed by atoms with Gasteiger partial charge in [-0.3, -0.25) is 0 Å². The zero-order valence-electron chi connectivity index (χ0n) is 8.16. The van der Waals surface area contributed by atoms with Crippen molar-refractivity contribution in [2.75, 3.05) is 19.5 Å². The maximum absolute atomic E-state index is 5.87. The van der Waals surface area contributed by atoms with Crippen LogP contribution in [-0.2, 0) is 4.74 Å². The van der Waals surface area contributed by atoms with Crippen molar-refractivity contribution >= 4 is 17.3 Å². The Morgan fingerprint density at radius 2 is 2.36 bits per heavy atom. The summed E-state index contributed by atoms with van der Waals surface area (Å²) in [7, 11) is 1.61. The second kappa shape index (κ2) is 5.02. The lowest BCUT2D eigenvalue weighted by Crippen LogP contribution is -2.18. The summed E-state index contributed by atoms with van der Waals surface area (Å²) in [6.07, 6.45) is 1.41. The van der Waals surface area contributed by atoms with Crippen LogP contribution in [0.25, 0.3) is 0 Å². The second-order valence-electron chi connectivity index (χ2n) is 2.94. The van der Waals surface area contributed by atoms with Gasteiger partial charge in [0.25, 0.3) is 0 Å². The molecule has 4 nitrogen and oxygen atoms in total. The van der Waals surface area contributed by atoms with Gasteiger partial charge in [-0.15, -0.1) is 0 Å². The Labute approximate surface area is 88.0 Å². The van der Waals surface area contributed by atoms with Gasteiger partial charge in [-0.05, 0) is 13.0 Å². The van der Waals surface area contributed by atoms with E-state index in [1.807, 2.05) is 6.92 Å². The van der Waals surface area contributed by atoms with E-state index in [1.165, 1.54) is 6.20 Å². The lowest BCUT2D eigenvalue weighted by atomic mass is 10.4. The van der Waals surface area contributed by atoms with Crippen LogP contribution in [0.4, 0.5) is 5.69 Å². The van der Waals surface area contributed by atoms with Crippen molar-refractivity contribution in [2.45, 2.75) is 13.0 Å². The zero-order valence-corrected chi connectivity index (χ0v) is 8.91. The molecular weight excluding hydrogens is 204 g/mol. The highest BCUT2D eigenvalue weighted by Crippen LogP contribution is 2.24. The van der Waals surface area contributed by atoms with Gasteiger partial charge in [0.1, 0.15) is 11.1 Å². The number of hydrogen-bond donors (Lipinski definition) is 1. The molecular formula is C9H13ClN2O2. The van der Waals surface area contributed by atoms with E-state index >= 15 is 0 Å². The number of halogens is 1. The molecule has 0 aromatic carbocycles. The highest BCUT2D eigenvalue weighted by Gasteiger charge is 2.08. The van der Waals surface area contributed by atoms with Crippen molar-refractivity contribution in [3.63, 3.8) is 0 Å². The molecule has 1 unspecified atom stereocenters. The van der Waals surface area contributed by atoms with Crippen molar-refractivity contribution in [2.24, 2.45) is 0 Å². The van der Waals surface area contributed by atoms with Crippen LogP contribution in [-0.4, -0.2) is 24.8 Å². The average molecular weight is 217 g/mol. The molecule has 0 radical (unpaired) electrons. The molecule has 0 aliphatic rings. The van der Waals surface area contributed by atoms with Crippen molar-refractivity contribution in [3.8, 4) is 5.88 Å². The fraction of sp³-hybridized carbons (Fsp3) is 0.444. The molecule has 0 aliphatic heterocycles. The predicted molar refractivity (Wildman–Crippen MR) is 55.6 cm³/mol. The Morgan fingerprint density at radius 1 is 1.64 bits per heavy atom. The van der Waals surface area contributed by atoms with E-state index in [1.54, 1.807) is 13.2 Å². The summed E-state index contributed by atoms with van der Waals surface area (Å²) in [5.41, 5.74) is 6.01. The Kier molecular flexibility index (Phi) is 3.98. The van der Waals surface area contributed by atoms with Crippen molar-refractivity contribution in [1.82, 2.24) is 4.98 Å². The van der Waals surface area contributed by atoms with Gasteiger partial charge in [-0.1, -0.05) is 11.6 Å². The molecule has 0 fully saturated rings. The lowest BCUT2D eigenvalue weighted by Gasteiger charge is -2.13. The van der Waals surface area contributed by atoms with Crippen LogP contribution in [0, 0.1) is 0 Å². The Hall–Kier alpha value is -1.00. The van der Waals surface area contributed by atoms with Crippen LogP contribution in [0.3, 0.4) is 0 Å². The van der Waals surface area contributed by atoms with E-state index in [0.717, 1.165) is 0 Å². The van der Waals surface area contributed by atoms with Gasteiger partial charge in [0, 0.05) is 7.11 Å². The molecule has 1 aromatic heterocycles. The number of ether oxygens (including phenoxy) is 2. The van der Waals surface area contributed by atoms with Crippen molar-refractivity contribution in [1.29, 1.82) is 0 Å². The van der Waals surface area contributed by atoms with Crippen LogP contribution in [0.1, 0.15) is 6.92 Å². The molecule has 0 aliphatic carbocycles. The number of rotatable bonds is 4. The molecule has 78 valence electrons. The van der Waals surface area contributed by atoms with Gasteiger partial charge in [0.15, 0.2) is 0 Å². The second-order valence-corrected chi connectivity index (χ2v) is 3.35. The van der Waals surface area contributed by atoms with E-state index in [4.69, 9.17) is 26.8 Å². The molecule has 0 bridgehead atoms. The number of aromatic nitrogens is 1. The Bertz CT molecular complexity index is 307. The normalized spacial score (nSPS) is 12.5. The summed E-state index contributed by atoms with van der Waals surface area (Å²) >= 11 is 5.87. The van der Waals surface area contributed by atoms with Gasteiger partial charge in [0.05, 0.1) is 18.5 Å². The third-order valence-corrected chi connectivity index (χ3v) is 1.81. The minimum atomic E-state index is -0.0892. The van der Waals surface area contributed by atoms with Crippen LogP contribution in [0.5, 0.6) is 5.88 Å². The van der Waals surface area contributed by atoms with E-state index in [2.05, 4.69) is 4.98 Å². The van der Waals surface area contributed by atoms with E-state index < -0.39 is 0 Å². The molecule has 1 aromatic rings. The largest absolute Gasteiger partial charge is 0.471 e. The predicted octanol–water partition coefficient (Wildman–Crippen LogP) is 1.73.